The Hall–Kier alpha value is -2.63. The van der Waals surface area contributed by atoms with Crippen LogP contribution in [0.25, 0.3) is 11.2 Å². The number of rotatable bonds is 4. The van der Waals surface area contributed by atoms with Gasteiger partial charge in [-0.25, -0.2) is 15.0 Å². The first kappa shape index (κ1) is 14.9. The number of nitrogens with zero attached hydrogens (tertiary/aromatic N) is 5. The van der Waals surface area contributed by atoms with Crippen molar-refractivity contribution in [2.24, 2.45) is 0 Å². The second-order valence-electron chi connectivity index (χ2n) is 5.94. The van der Waals surface area contributed by atoms with Crippen molar-refractivity contribution in [1.82, 2.24) is 19.5 Å². The molecule has 1 aromatic carbocycles. The highest BCUT2D eigenvalue weighted by molar-refractivity contribution is 5.83. The topological polar surface area (TPSA) is 56.1 Å². The minimum atomic E-state index is 0.698. The number of anilines is 1. The summed E-state index contributed by atoms with van der Waals surface area (Å²) in [4.78, 5) is 15.7. The average molecular weight is 323 g/mol. The van der Waals surface area contributed by atoms with Crippen LogP contribution in [0.3, 0.4) is 0 Å². The number of fused-ring (bicyclic) bond motifs is 2. The van der Waals surface area contributed by atoms with Gasteiger partial charge in [0.05, 0.1) is 12.9 Å². The van der Waals surface area contributed by atoms with Crippen LogP contribution >= 0.6 is 0 Å². The molecule has 0 N–H and O–H groups in total. The Balaban J connectivity index is 1.66. The lowest BCUT2D eigenvalue weighted by Crippen LogP contribution is -2.31. The van der Waals surface area contributed by atoms with E-state index in [1.54, 1.807) is 6.33 Å². The Kier molecular flexibility index (Phi) is 3.80. The molecule has 0 unspecified atom stereocenters. The zero-order valence-electron chi connectivity index (χ0n) is 14.1. The number of aryl methyl sites for hydroxylation is 1. The Morgan fingerprint density at radius 2 is 2.04 bits per heavy atom. The minimum absolute atomic E-state index is 0.698. The molecule has 0 radical (unpaired) electrons. The van der Waals surface area contributed by atoms with Crippen LogP contribution in [0.5, 0.6) is 5.75 Å². The number of imidazole rings is 1. The maximum absolute atomic E-state index is 5.61. The summed E-state index contributed by atoms with van der Waals surface area (Å²) in [5.74, 6) is 1.88. The molecule has 124 valence electrons. The average Bonchev–Trinajstić information content (AvgIpc) is 3.05. The third-order valence-electron chi connectivity index (χ3n) is 4.52. The summed E-state index contributed by atoms with van der Waals surface area (Å²) in [5.41, 5.74) is 4.47. The highest BCUT2D eigenvalue weighted by Gasteiger charge is 2.21. The van der Waals surface area contributed by atoms with Gasteiger partial charge in [-0.15, -0.1) is 0 Å². The fraction of sp³-hybridized carbons (Fsp3) is 0.389. The second-order valence-corrected chi connectivity index (χ2v) is 5.94. The lowest BCUT2D eigenvalue weighted by molar-refractivity contribution is 0.339. The van der Waals surface area contributed by atoms with Crippen molar-refractivity contribution in [1.29, 1.82) is 0 Å². The molecule has 0 fully saturated rings. The summed E-state index contributed by atoms with van der Waals surface area (Å²) >= 11 is 0. The van der Waals surface area contributed by atoms with Gasteiger partial charge in [0.15, 0.2) is 17.0 Å². The van der Waals surface area contributed by atoms with Crippen LogP contribution in [-0.2, 0) is 19.5 Å². The minimum Gasteiger partial charge on any atom is -0.494 e. The van der Waals surface area contributed by atoms with E-state index in [0.717, 1.165) is 48.8 Å². The molecule has 6 nitrogen and oxygen atoms in total. The van der Waals surface area contributed by atoms with Crippen LogP contribution in [0, 0.1) is 0 Å². The molecule has 0 aliphatic carbocycles. The van der Waals surface area contributed by atoms with E-state index < -0.39 is 0 Å². The Labute approximate surface area is 141 Å². The molecule has 0 saturated carbocycles. The second kappa shape index (κ2) is 6.11. The molecule has 3 heterocycles. The molecule has 2 aromatic heterocycles. The molecule has 3 aromatic rings. The largest absolute Gasteiger partial charge is 0.494 e. The van der Waals surface area contributed by atoms with Crippen LogP contribution < -0.4 is 9.64 Å². The van der Waals surface area contributed by atoms with E-state index in [0.29, 0.717) is 6.61 Å². The van der Waals surface area contributed by atoms with E-state index in [-0.39, 0.29) is 0 Å². The Morgan fingerprint density at radius 1 is 1.12 bits per heavy atom. The summed E-state index contributed by atoms with van der Waals surface area (Å²) in [5, 5.41) is 0. The molecule has 0 saturated heterocycles. The molecule has 0 bridgehead atoms. The van der Waals surface area contributed by atoms with Gasteiger partial charge in [-0.2, -0.15) is 0 Å². The highest BCUT2D eigenvalue weighted by atomic mass is 16.5. The number of hydrogen-bond donors (Lipinski definition) is 0. The van der Waals surface area contributed by atoms with Crippen molar-refractivity contribution >= 4 is 17.0 Å². The van der Waals surface area contributed by atoms with Gasteiger partial charge in [0.25, 0.3) is 0 Å². The molecule has 0 amide bonds. The van der Waals surface area contributed by atoms with E-state index >= 15 is 0 Å². The van der Waals surface area contributed by atoms with Crippen molar-refractivity contribution in [2.45, 2.75) is 33.4 Å². The van der Waals surface area contributed by atoms with Gasteiger partial charge in [-0.05, 0) is 43.5 Å². The van der Waals surface area contributed by atoms with E-state index in [9.17, 15) is 0 Å². The monoisotopic (exact) mass is 323 g/mol. The summed E-state index contributed by atoms with van der Waals surface area (Å²) in [6.45, 7) is 7.42. The first-order valence-electron chi connectivity index (χ1n) is 8.45. The van der Waals surface area contributed by atoms with Gasteiger partial charge >= 0.3 is 0 Å². The van der Waals surface area contributed by atoms with Crippen LogP contribution in [0.1, 0.15) is 25.0 Å². The maximum Gasteiger partial charge on any atom is 0.165 e. The fourth-order valence-corrected chi connectivity index (χ4v) is 3.30. The standard InChI is InChI=1S/C18H21N5O/c1-3-22-12-21-16-17(22)19-11-20-18(16)23-8-7-13-9-15(24-4-2)6-5-14(13)10-23/h5-6,9,11-12H,3-4,7-8,10H2,1-2H3. The molecule has 1 aliphatic heterocycles. The number of aromatic nitrogens is 4. The summed E-state index contributed by atoms with van der Waals surface area (Å²) < 4.78 is 7.66. The van der Waals surface area contributed by atoms with E-state index in [4.69, 9.17) is 4.74 Å². The summed E-state index contributed by atoms with van der Waals surface area (Å²) in [6, 6.07) is 6.38. The van der Waals surface area contributed by atoms with Gasteiger partial charge in [-0.3, -0.25) is 0 Å². The van der Waals surface area contributed by atoms with E-state index in [1.165, 1.54) is 11.1 Å². The van der Waals surface area contributed by atoms with Crippen molar-refractivity contribution in [3.8, 4) is 5.75 Å². The quantitative estimate of drug-likeness (QED) is 0.739. The van der Waals surface area contributed by atoms with Gasteiger partial charge in [0.1, 0.15) is 12.1 Å². The zero-order valence-corrected chi connectivity index (χ0v) is 14.1. The normalized spacial score (nSPS) is 14.0. The van der Waals surface area contributed by atoms with Gasteiger partial charge in [0.2, 0.25) is 0 Å². The van der Waals surface area contributed by atoms with Gasteiger partial charge in [0, 0.05) is 19.6 Å². The molecule has 1 aliphatic rings. The maximum atomic E-state index is 5.61. The third-order valence-corrected chi connectivity index (χ3v) is 4.52. The SMILES string of the molecule is CCOc1ccc2c(c1)CCN(c1ncnc3c1ncn3CC)C2. The molecule has 24 heavy (non-hydrogen) atoms. The van der Waals surface area contributed by atoms with Crippen molar-refractivity contribution in [3.05, 3.63) is 42.0 Å². The molecule has 4 rings (SSSR count). The van der Waals surface area contributed by atoms with Crippen LogP contribution in [0.4, 0.5) is 5.82 Å². The predicted octanol–water partition coefficient (Wildman–Crippen LogP) is 2.81. The third kappa shape index (κ3) is 2.48. The Morgan fingerprint density at radius 3 is 2.88 bits per heavy atom. The highest BCUT2D eigenvalue weighted by Crippen LogP contribution is 2.29. The fourth-order valence-electron chi connectivity index (χ4n) is 3.30. The first-order chi connectivity index (χ1) is 11.8. The van der Waals surface area contributed by atoms with Crippen LogP contribution in [-0.4, -0.2) is 32.7 Å². The lowest BCUT2D eigenvalue weighted by Gasteiger charge is -2.30. The van der Waals surface area contributed by atoms with E-state index in [1.807, 2.05) is 23.9 Å². The van der Waals surface area contributed by atoms with Crippen molar-refractivity contribution in [3.63, 3.8) is 0 Å². The van der Waals surface area contributed by atoms with Crippen LogP contribution in [0.15, 0.2) is 30.9 Å². The summed E-state index contributed by atoms with van der Waals surface area (Å²) in [7, 11) is 0. The zero-order chi connectivity index (χ0) is 16.5. The van der Waals surface area contributed by atoms with Crippen LogP contribution in [0.2, 0.25) is 0 Å². The summed E-state index contributed by atoms with van der Waals surface area (Å²) in [6.07, 6.45) is 4.46. The Bertz CT molecular complexity index is 873. The number of hydrogen-bond acceptors (Lipinski definition) is 5. The molecular weight excluding hydrogens is 302 g/mol. The number of benzene rings is 1. The van der Waals surface area contributed by atoms with Gasteiger partial charge in [-0.1, -0.05) is 6.07 Å². The van der Waals surface area contributed by atoms with Crippen molar-refractivity contribution in [2.75, 3.05) is 18.1 Å². The molecule has 6 heteroatoms. The smallest absolute Gasteiger partial charge is 0.165 e. The number of ether oxygens (including phenoxy) is 1. The van der Waals surface area contributed by atoms with E-state index in [2.05, 4.69) is 38.9 Å². The van der Waals surface area contributed by atoms with Crippen molar-refractivity contribution < 1.29 is 4.74 Å². The first-order valence-corrected chi connectivity index (χ1v) is 8.45. The lowest BCUT2D eigenvalue weighted by atomic mass is 9.99. The molecule has 0 atom stereocenters. The molecular formula is C18H21N5O. The molecule has 0 spiro atoms. The van der Waals surface area contributed by atoms with Gasteiger partial charge < -0.3 is 14.2 Å². The predicted molar refractivity (Wildman–Crippen MR) is 93.4 cm³/mol.